The number of aromatic carboxylic acids is 1. The summed E-state index contributed by atoms with van der Waals surface area (Å²) in [6, 6.07) is 19.7. The average molecular weight is 454 g/mol. The SMILES string of the molecule is CO.O=C(O)c1ccc(-c2ccc(/C=C3\SC(=S)N(Cc4ccccc4)C3=O)o2)cc1. The summed E-state index contributed by atoms with van der Waals surface area (Å²) < 4.78 is 6.33. The highest BCUT2D eigenvalue weighted by Crippen LogP contribution is 2.34. The van der Waals surface area contributed by atoms with Gasteiger partial charge in [-0.2, -0.15) is 0 Å². The van der Waals surface area contributed by atoms with Gasteiger partial charge in [-0.1, -0.05) is 66.4 Å². The van der Waals surface area contributed by atoms with E-state index in [1.807, 2.05) is 30.3 Å². The van der Waals surface area contributed by atoms with Gasteiger partial charge in [0, 0.05) is 18.7 Å². The van der Waals surface area contributed by atoms with Crippen molar-refractivity contribution in [2.75, 3.05) is 7.11 Å². The largest absolute Gasteiger partial charge is 0.478 e. The first-order valence-corrected chi connectivity index (χ1v) is 10.4. The lowest BCUT2D eigenvalue weighted by atomic mass is 10.1. The van der Waals surface area contributed by atoms with E-state index in [-0.39, 0.29) is 11.5 Å². The zero-order chi connectivity index (χ0) is 22.4. The van der Waals surface area contributed by atoms with E-state index in [2.05, 4.69) is 0 Å². The van der Waals surface area contributed by atoms with Gasteiger partial charge in [0.25, 0.3) is 5.91 Å². The first kappa shape index (κ1) is 22.5. The molecule has 0 unspecified atom stereocenters. The fourth-order valence-electron chi connectivity index (χ4n) is 2.89. The molecule has 0 saturated carbocycles. The summed E-state index contributed by atoms with van der Waals surface area (Å²) in [6.07, 6.45) is 1.68. The summed E-state index contributed by atoms with van der Waals surface area (Å²) in [5.41, 5.74) is 1.98. The van der Waals surface area contributed by atoms with E-state index in [1.54, 1.807) is 35.2 Å². The maximum Gasteiger partial charge on any atom is 0.335 e. The third-order valence-electron chi connectivity index (χ3n) is 4.37. The molecule has 0 atom stereocenters. The number of amides is 1. The van der Waals surface area contributed by atoms with E-state index >= 15 is 0 Å². The van der Waals surface area contributed by atoms with Gasteiger partial charge >= 0.3 is 5.97 Å². The minimum absolute atomic E-state index is 0.146. The Morgan fingerprint density at radius 1 is 1.06 bits per heavy atom. The molecule has 0 spiro atoms. The van der Waals surface area contributed by atoms with Crippen LogP contribution in [0.2, 0.25) is 0 Å². The number of carbonyl (C=O) groups excluding carboxylic acids is 1. The number of aliphatic hydroxyl groups excluding tert-OH is 1. The van der Waals surface area contributed by atoms with Gasteiger partial charge in [-0.15, -0.1) is 0 Å². The molecule has 158 valence electrons. The third-order valence-corrected chi connectivity index (χ3v) is 5.75. The lowest BCUT2D eigenvalue weighted by Gasteiger charge is -2.14. The summed E-state index contributed by atoms with van der Waals surface area (Å²) in [6.45, 7) is 0.433. The fraction of sp³-hybridized carbons (Fsp3) is 0.0870. The first-order chi connectivity index (χ1) is 15.0. The Balaban J connectivity index is 0.00000132. The van der Waals surface area contributed by atoms with Crippen LogP contribution in [0.4, 0.5) is 0 Å². The average Bonchev–Trinajstić information content (AvgIpc) is 3.36. The normalized spacial score (nSPS) is 14.5. The van der Waals surface area contributed by atoms with Crippen molar-refractivity contribution in [1.29, 1.82) is 0 Å². The Labute approximate surface area is 188 Å². The molecular formula is C23H19NO5S2. The second-order valence-corrected chi connectivity index (χ2v) is 8.01. The van der Waals surface area contributed by atoms with Gasteiger partial charge < -0.3 is 14.6 Å². The van der Waals surface area contributed by atoms with Crippen LogP contribution < -0.4 is 0 Å². The van der Waals surface area contributed by atoms with Crippen LogP contribution in [0.25, 0.3) is 17.4 Å². The Morgan fingerprint density at radius 3 is 2.39 bits per heavy atom. The van der Waals surface area contributed by atoms with Crippen LogP contribution in [0.5, 0.6) is 0 Å². The summed E-state index contributed by atoms with van der Waals surface area (Å²) in [5, 5.41) is 16.0. The summed E-state index contributed by atoms with van der Waals surface area (Å²) in [5.74, 6) is -0.00250. The Kier molecular flexibility index (Phi) is 7.41. The molecule has 2 N–H and O–H groups in total. The van der Waals surface area contributed by atoms with E-state index in [0.717, 1.165) is 18.2 Å². The first-order valence-electron chi connectivity index (χ1n) is 9.19. The molecule has 1 amide bonds. The van der Waals surface area contributed by atoms with Crippen molar-refractivity contribution in [3.05, 3.63) is 88.5 Å². The second kappa shape index (κ2) is 10.2. The van der Waals surface area contributed by atoms with Crippen molar-refractivity contribution < 1.29 is 24.2 Å². The highest BCUT2D eigenvalue weighted by molar-refractivity contribution is 8.26. The molecule has 6 nitrogen and oxygen atoms in total. The van der Waals surface area contributed by atoms with Gasteiger partial charge in [0.2, 0.25) is 0 Å². The van der Waals surface area contributed by atoms with Crippen molar-refractivity contribution >= 4 is 46.3 Å². The van der Waals surface area contributed by atoms with Crippen molar-refractivity contribution in [1.82, 2.24) is 4.90 Å². The number of thioether (sulfide) groups is 1. The monoisotopic (exact) mass is 453 g/mol. The number of hydrogen-bond donors (Lipinski definition) is 2. The lowest BCUT2D eigenvalue weighted by molar-refractivity contribution is -0.122. The standard InChI is InChI=1S/C22H15NO4S2.CH4O/c24-20-19(29-22(28)23(20)13-14-4-2-1-3-5-14)12-17-10-11-18(27-17)15-6-8-16(9-7-15)21(25)26;1-2/h1-12H,13H2,(H,25,26);2H,1H3/b19-12-;. The van der Waals surface area contributed by atoms with Gasteiger partial charge in [-0.05, 0) is 29.8 Å². The summed E-state index contributed by atoms with van der Waals surface area (Å²) >= 11 is 6.62. The van der Waals surface area contributed by atoms with E-state index in [4.69, 9.17) is 26.8 Å². The molecule has 2 heterocycles. The van der Waals surface area contributed by atoms with Crippen molar-refractivity contribution in [3.8, 4) is 11.3 Å². The molecule has 1 fully saturated rings. The molecule has 0 bridgehead atoms. The van der Waals surface area contributed by atoms with Crippen LogP contribution >= 0.6 is 24.0 Å². The van der Waals surface area contributed by atoms with Crippen LogP contribution in [0.1, 0.15) is 21.7 Å². The number of aliphatic hydroxyl groups is 1. The molecule has 2 aromatic carbocycles. The molecule has 1 aliphatic heterocycles. The van der Waals surface area contributed by atoms with E-state index in [0.29, 0.717) is 27.3 Å². The summed E-state index contributed by atoms with van der Waals surface area (Å²) in [4.78, 5) is 25.8. The number of hydrogen-bond acceptors (Lipinski definition) is 6. The maximum absolute atomic E-state index is 12.8. The lowest BCUT2D eigenvalue weighted by Crippen LogP contribution is -2.27. The number of furan rings is 1. The maximum atomic E-state index is 12.8. The highest BCUT2D eigenvalue weighted by atomic mass is 32.2. The summed E-state index contributed by atoms with van der Waals surface area (Å²) in [7, 11) is 1.00. The number of rotatable bonds is 5. The predicted octanol–water partition coefficient (Wildman–Crippen LogP) is 4.65. The van der Waals surface area contributed by atoms with Crippen molar-refractivity contribution in [2.24, 2.45) is 0 Å². The van der Waals surface area contributed by atoms with Gasteiger partial charge in [-0.3, -0.25) is 9.69 Å². The quantitative estimate of drug-likeness (QED) is 0.429. The van der Waals surface area contributed by atoms with Crippen LogP contribution in [0.3, 0.4) is 0 Å². The van der Waals surface area contributed by atoms with E-state index in [1.165, 1.54) is 23.9 Å². The smallest absolute Gasteiger partial charge is 0.335 e. The number of carboxylic acids is 1. The number of carbonyl (C=O) groups is 2. The number of carboxylic acid groups (broad SMARTS) is 1. The molecule has 1 aliphatic rings. The van der Waals surface area contributed by atoms with Crippen LogP contribution in [-0.2, 0) is 11.3 Å². The van der Waals surface area contributed by atoms with Crippen molar-refractivity contribution in [3.63, 3.8) is 0 Å². The van der Waals surface area contributed by atoms with Crippen LogP contribution in [0.15, 0.2) is 76.1 Å². The van der Waals surface area contributed by atoms with Crippen LogP contribution in [0, 0.1) is 0 Å². The molecule has 31 heavy (non-hydrogen) atoms. The Morgan fingerprint density at radius 2 is 1.74 bits per heavy atom. The Hall–Kier alpha value is -3.20. The second-order valence-electron chi connectivity index (χ2n) is 6.34. The molecule has 0 radical (unpaired) electrons. The molecule has 0 aliphatic carbocycles. The molecule has 8 heteroatoms. The van der Waals surface area contributed by atoms with Gasteiger partial charge in [0.1, 0.15) is 15.8 Å². The molecule has 3 aromatic rings. The number of benzene rings is 2. The zero-order valence-electron chi connectivity index (χ0n) is 16.5. The van der Waals surface area contributed by atoms with Gasteiger partial charge in [-0.25, -0.2) is 4.79 Å². The van der Waals surface area contributed by atoms with Crippen molar-refractivity contribution in [2.45, 2.75) is 6.54 Å². The van der Waals surface area contributed by atoms with E-state index in [9.17, 15) is 9.59 Å². The number of thiocarbonyl (C=S) groups is 1. The third kappa shape index (κ3) is 5.29. The topological polar surface area (TPSA) is 91.0 Å². The molecular weight excluding hydrogens is 434 g/mol. The molecule has 1 saturated heterocycles. The highest BCUT2D eigenvalue weighted by Gasteiger charge is 2.32. The fourth-order valence-corrected chi connectivity index (χ4v) is 4.13. The number of nitrogens with zero attached hydrogens (tertiary/aromatic N) is 1. The van der Waals surface area contributed by atoms with Gasteiger partial charge in [0.15, 0.2) is 0 Å². The van der Waals surface area contributed by atoms with E-state index < -0.39 is 5.97 Å². The van der Waals surface area contributed by atoms with Crippen LogP contribution in [-0.4, -0.2) is 38.4 Å². The molecule has 1 aromatic heterocycles. The minimum atomic E-state index is -0.978. The molecule has 4 rings (SSSR count). The Bertz CT molecular complexity index is 1120. The van der Waals surface area contributed by atoms with Gasteiger partial charge in [0.05, 0.1) is 17.0 Å². The minimum Gasteiger partial charge on any atom is -0.478 e. The predicted molar refractivity (Wildman–Crippen MR) is 124 cm³/mol. The zero-order valence-corrected chi connectivity index (χ0v) is 18.2.